The number of phenolic OH excluding ortho intramolecular Hbond substituents is 2. The Kier molecular flexibility index (Phi) is 3.76. The fourth-order valence-electron chi connectivity index (χ4n) is 2.26. The van der Waals surface area contributed by atoms with Crippen LogP contribution in [0.2, 0.25) is 10.0 Å². The van der Waals surface area contributed by atoms with Crippen molar-refractivity contribution >= 4 is 34.8 Å². The molecule has 114 valence electrons. The number of halogens is 2. The van der Waals surface area contributed by atoms with E-state index in [1.807, 2.05) is 0 Å². The van der Waals surface area contributed by atoms with E-state index in [0.717, 1.165) is 0 Å². The molecule has 0 atom stereocenters. The normalized spacial score (nSPS) is 13.5. The number of amides is 1. The summed E-state index contributed by atoms with van der Waals surface area (Å²) in [7, 11) is 0. The molecule has 22 heavy (non-hydrogen) atoms. The predicted octanol–water partition coefficient (Wildman–Crippen LogP) is 3.44. The largest absolute Gasteiger partial charge is 0.508 e. The molecule has 5 nitrogen and oxygen atoms in total. The molecule has 0 unspecified atom stereocenters. The molecule has 1 amide bonds. The van der Waals surface area contributed by atoms with Crippen molar-refractivity contribution in [1.29, 1.82) is 0 Å². The maximum Gasteiger partial charge on any atom is 0.258 e. The molecule has 1 aliphatic rings. The number of nitrogens with zero attached hydrogens (tertiary/aromatic N) is 1. The Morgan fingerprint density at radius 3 is 2.50 bits per heavy atom. The number of hydrogen-bond donors (Lipinski definition) is 2. The summed E-state index contributed by atoms with van der Waals surface area (Å²) < 4.78 is 5.44. The van der Waals surface area contributed by atoms with Crippen LogP contribution in [-0.4, -0.2) is 29.3 Å². The molecule has 1 aliphatic heterocycles. The van der Waals surface area contributed by atoms with Crippen LogP contribution in [0.25, 0.3) is 0 Å². The average Bonchev–Trinajstić information content (AvgIpc) is 2.50. The van der Waals surface area contributed by atoms with Crippen molar-refractivity contribution in [3.8, 4) is 17.2 Å². The Bertz CT molecular complexity index is 740. The Morgan fingerprint density at radius 1 is 1.14 bits per heavy atom. The molecule has 7 heteroatoms. The number of anilines is 1. The molecule has 2 aromatic rings. The van der Waals surface area contributed by atoms with Gasteiger partial charge in [-0.25, -0.2) is 0 Å². The lowest BCUT2D eigenvalue weighted by Crippen LogP contribution is -2.37. The standard InChI is InChI=1S/C15H11Cl2NO4/c16-10-5-8(6-11(17)14(10)20)15(21)18-3-4-22-13-7-9(19)1-2-12(13)18/h1-2,5-7,19-20H,3-4H2. The number of carbonyl (C=O) groups excluding carboxylic acids is 1. The van der Waals surface area contributed by atoms with E-state index in [0.29, 0.717) is 24.6 Å². The van der Waals surface area contributed by atoms with Crippen LogP contribution in [0.1, 0.15) is 10.4 Å². The molecule has 2 N–H and O–H groups in total. The van der Waals surface area contributed by atoms with Crippen molar-refractivity contribution in [1.82, 2.24) is 0 Å². The van der Waals surface area contributed by atoms with E-state index in [-0.39, 0.29) is 33.0 Å². The van der Waals surface area contributed by atoms with Crippen molar-refractivity contribution in [2.75, 3.05) is 18.1 Å². The van der Waals surface area contributed by atoms with E-state index in [4.69, 9.17) is 27.9 Å². The Morgan fingerprint density at radius 2 is 1.82 bits per heavy atom. The minimum absolute atomic E-state index is 0.00930. The van der Waals surface area contributed by atoms with Gasteiger partial charge in [0.2, 0.25) is 0 Å². The van der Waals surface area contributed by atoms with Gasteiger partial charge in [-0.05, 0) is 24.3 Å². The third-order valence-corrected chi connectivity index (χ3v) is 3.89. The van der Waals surface area contributed by atoms with Crippen molar-refractivity contribution in [3.63, 3.8) is 0 Å². The monoisotopic (exact) mass is 339 g/mol. The first-order chi connectivity index (χ1) is 10.5. The Balaban J connectivity index is 2.01. The van der Waals surface area contributed by atoms with Crippen LogP contribution < -0.4 is 9.64 Å². The lowest BCUT2D eigenvalue weighted by molar-refractivity contribution is 0.0976. The highest BCUT2D eigenvalue weighted by molar-refractivity contribution is 6.37. The van der Waals surface area contributed by atoms with E-state index in [1.54, 1.807) is 6.07 Å². The van der Waals surface area contributed by atoms with Gasteiger partial charge in [0.05, 0.1) is 22.3 Å². The number of phenols is 2. The molecule has 0 aliphatic carbocycles. The SMILES string of the molecule is O=C(c1cc(Cl)c(O)c(Cl)c1)N1CCOc2cc(O)ccc21. The van der Waals surface area contributed by atoms with Gasteiger partial charge in [0.25, 0.3) is 5.91 Å². The second-order valence-electron chi connectivity index (χ2n) is 4.75. The highest BCUT2D eigenvalue weighted by atomic mass is 35.5. The van der Waals surface area contributed by atoms with Crippen LogP contribution >= 0.6 is 23.2 Å². The van der Waals surface area contributed by atoms with Gasteiger partial charge in [-0.1, -0.05) is 23.2 Å². The summed E-state index contributed by atoms with van der Waals surface area (Å²) >= 11 is 11.7. The van der Waals surface area contributed by atoms with Crippen molar-refractivity contribution in [2.45, 2.75) is 0 Å². The number of aromatic hydroxyl groups is 2. The molecule has 0 aromatic heterocycles. The molecule has 0 radical (unpaired) electrons. The summed E-state index contributed by atoms with van der Waals surface area (Å²) in [5.74, 6) is -0.0921. The second kappa shape index (κ2) is 5.59. The Labute approximate surface area is 136 Å². The number of rotatable bonds is 1. The highest BCUT2D eigenvalue weighted by Gasteiger charge is 2.26. The lowest BCUT2D eigenvalue weighted by Gasteiger charge is -2.29. The summed E-state index contributed by atoms with van der Waals surface area (Å²) in [6.45, 7) is 0.661. The first kappa shape index (κ1) is 14.8. The third-order valence-electron chi connectivity index (χ3n) is 3.32. The van der Waals surface area contributed by atoms with Gasteiger partial charge in [0.1, 0.15) is 18.1 Å². The molecule has 0 spiro atoms. The maximum atomic E-state index is 12.7. The number of fused-ring (bicyclic) bond motifs is 1. The predicted molar refractivity (Wildman–Crippen MR) is 83.4 cm³/mol. The summed E-state index contributed by atoms with van der Waals surface area (Å²) in [5.41, 5.74) is 0.808. The zero-order chi connectivity index (χ0) is 15.9. The van der Waals surface area contributed by atoms with Crippen LogP contribution in [0.3, 0.4) is 0 Å². The van der Waals surface area contributed by atoms with Gasteiger partial charge in [0.15, 0.2) is 5.75 Å². The summed E-state index contributed by atoms with van der Waals surface area (Å²) in [5, 5.41) is 19.1. The quantitative estimate of drug-likeness (QED) is 0.834. The highest BCUT2D eigenvalue weighted by Crippen LogP contribution is 2.37. The van der Waals surface area contributed by atoms with Gasteiger partial charge >= 0.3 is 0 Å². The minimum atomic E-state index is -0.320. The van der Waals surface area contributed by atoms with Crippen molar-refractivity contribution < 1.29 is 19.7 Å². The van der Waals surface area contributed by atoms with Crippen LogP contribution in [0.15, 0.2) is 30.3 Å². The molecule has 0 saturated carbocycles. The number of carbonyl (C=O) groups is 1. The fourth-order valence-corrected chi connectivity index (χ4v) is 2.75. The van der Waals surface area contributed by atoms with Crippen molar-refractivity contribution in [3.05, 3.63) is 45.9 Å². The number of hydrogen-bond acceptors (Lipinski definition) is 4. The maximum absolute atomic E-state index is 12.7. The summed E-state index contributed by atoms with van der Waals surface area (Å²) in [4.78, 5) is 14.2. The molecular formula is C15H11Cl2NO4. The molecule has 0 fully saturated rings. The van der Waals surface area contributed by atoms with Crippen molar-refractivity contribution in [2.24, 2.45) is 0 Å². The van der Waals surface area contributed by atoms with Gasteiger partial charge in [-0.3, -0.25) is 4.79 Å². The van der Waals surface area contributed by atoms with Crippen LogP contribution in [-0.2, 0) is 0 Å². The molecule has 1 heterocycles. The van der Waals surface area contributed by atoms with Crippen LogP contribution in [0, 0.1) is 0 Å². The molecule has 0 saturated heterocycles. The third kappa shape index (κ3) is 2.53. The van der Waals surface area contributed by atoms with E-state index in [2.05, 4.69) is 0 Å². The zero-order valence-electron chi connectivity index (χ0n) is 11.2. The van der Waals surface area contributed by atoms with Gasteiger partial charge < -0.3 is 19.8 Å². The minimum Gasteiger partial charge on any atom is -0.508 e. The van der Waals surface area contributed by atoms with Gasteiger partial charge in [0, 0.05) is 11.6 Å². The Hall–Kier alpha value is -2.11. The zero-order valence-corrected chi connectivity index (χ0v) is 12.7. The van der Waals surface area contributed by atoms with Crippen LogP contribution in [0.4, 0.5) is 5.69 Å². The second-order valence-corrected chi connectivity index (χ2v) is 5.56. The first-order valence-electron chi connectivity index (χ1n) is 6.43. The first-order valence-corrected chi connectivity index (χ1v) is 7.18. The smallest absolute Gasteiger partial charge is 0.258 e. The van der Waals surface area contributed by atoms with Crippen LogP contribution in [0.5, 0.6) is 17.2 Å². The summed E-state index contributed by atoms with van der Waals surface area (Å²) in [6.07, 6.45) is 0. The molecule has 0 bridgehead atoms. The lowest BCUT2D eigenvalue weighted by atomic mass is 10.1. The van der Waals surface area contributed by atoms with Gasteiger partial charge in [-0.15, -0.1) is 0 Å². The van der Waals surface area contributed by atoms with E-state index in [9.17, 15) is 15.0 Å². The molecule has 3 rings (SSSR count). The van der Waals surface area contributed by atoms with E-state index in [1.165, 1.54) is 29.2 Å². The fraction of sp³-hybridized carbons (Fsp3) is 0.133. The van der Waals surface area contributed by atoms with E-state index >= 15 is 0 Å². The van der Waals surface area contributed by atoms with E-state index < -0.39 is 0 Å². The average molecular weight is 340 g/mol. The number of ether oxygens (including phenoxy) is 1. The molecular weight excluding hydrogens is 329 g/mol. The summed E-state index contributed by atoms with van der Waals surface area (Å²) in [6, 6.07) is 7.25. The van der Waals surface area contributed by atoms with Gasteiger partial charge in [-0.2, -0.15) is 0 Å². The number of benzene rings is 2. The molecule has 2 aromatic carbocycles. The topological polar surface area (TPSA) is 70.0 Å².